The smallest absolute Gasteiger partial charge is 0.150 e. The van der Waals surface area contributed by atoms with Crippen LogP contribution in [0.2, 0.25) is 0 Å². The number of rotatable bonds is 3. The van der Waals surface area contributed by atoms with Gasteiger partial charge >= 0.3 is 0 Å². The lowest BCUT2D eigenvalue weighted by molar-refractivity contribution is 0.112. The molecular weight excluding hydrogens is 336 g/mol. The summed E-state index contributed by atoms with van der Waals surface area (Å²) in [7, 11) is 0. The zero-order chi connectivity index (χ0) is 19.9. The summed E-state index contributed by atoms with van der Waals surface area (Å²) in [5.74, 6) is 0.567. The van der Waals surface area contributed by atoms with Crippen LogP contribution in [0.1, 0.15) is 38.2 Å². The van der Waals surface area contributed by atoms with Crippen molar-refractivity contribution in [3.05, 3.63) is 69.8 Å². The van der Waals surface area contributed by atoms with Gasteiger partial charge in [0.2, 0.25) is 0 Å². The van der Waals surface area contributed by atoms with E-state index in [-0.39, 0.29) is 5.75 Å². The lowest BCUT2D eigenvalue weighted by atomic mass is 9.85. The Morgan fingerprint density at radius 1 is 0.630 bits per heavy atom. The molecule has 0 aliphatic carbocycles. The van der Waals surface area contributed by atoms with Gasteiger partial charge in [0.1, 0.15) is 11.5 Å². The number of phenols is 2. The Bertz CT molecular complexity index is 1020. The lowest BCUT2D eigenvalue weighted by Gasteiger charge is -2.19. The predicted molar refractivity (Wildman–Crippen MR) is 110 cm³/mol. The maximum absolute atomic E-state index is 11.8. The highest BCUT2D eigenvalue weighted by molar-refractivity contribution is 5.97. The van der Waals surface area contributed by atoms with Crippen LogP contribution in [0.25, 0.3) is 22.3 Å². The van der Waals surface area contributed by atoms with Gasteiger partial charge in [-0.15, -0.1) is 0 Å². The topological polar surface area (TPSA) is 57.5 Å². The molecule has 0 aliphatic rings. The number of carbonyl (C=O) groups excluding carboxylic acids is 1. The summed E-state index contributed by atoms with van der Waals surface area (Å²) in [6.45, 7) is 9.48. The van der Waals surface area contributed by atoms with Crippen molar-refractivity contribution in [3.8, 4) is 33.8 Å². The van der Waals surface area contributed by atoms with Crippen LogP contribution in [0.5, 0.6) is 11.5 Å². The molecule has 0 saturated heterocycles. The molecule has 138 valence electrons. The van der Waals surface area contributed by atoms with Gasteiger partial charge in [-0.1, -0.05) is 12.1 Å². The van der Waals surface area contributed by atoms with Gasteiger partial charge < -0.3 is 10.2 Å². The molecule has 2 N–H and O–H groups in total. The quantitative estimate of drug-likeness (QED) is 0.582. The molecule has 0 fully saturated rings. The maximum atomic E-state index is 11.8. The number of hydrogen-bond donors (Lipinski definition) is 2. The van der Waals surface area contributed by atoms with Crippen molar-refractivity contribution >= 4 is 6.29 Å². The molecule has 27 heavy (non-hydrogen) atoms. The van der Waals surface area contributed by atoms with Crippen LogP contribution in [0, 0.1) is 34.6 Å². The molecule has 3 aromatic rings. The maximum Gasteiger partial charge on any atom is 0.150 e. The summed E-state index contributed by atoms with van der Waals surface area (Å²) >= 11 is 0. The van der Waals surface area contributed by atoms with E-state index in [2.05, 4.69) is 0 Å². The van der Waals surface area contributed by atoms with Gasteiger partial charge in [0.15, 0.2) is 6.29 Å². The van der Waals surface area contributed by atoms with Gasteiger partial charge in [-0.3, -0.25) is 4.79 Å². The molecule has 0 aromatic heterocycles. The molecule has 3 heteroatoms. The van der Waals surface area contributed by atoms with Crippen LogP contribution in [-0.4, -0.2) is 16.5 Å². The summed E-state index contributed by atoms with van der Waals surface area (Å²) in [6.07, 6.45) is 0.871. The molecule has 0 amide bonds. The standard InChI is InChI=1S/C24H24O3/c1-13-6-7-18(12-25)22(20-10-16(4)24(27)17(5)11-20)21(13)19-8-14(2)23(26)15(3)9-19/h6-12,26-27H,1-5H3. The fourth-order valence-electron chi connectivity index (χ4n) is 3.70. The van der Waals surface area contributed by atoms with Crippen LogP contribution >= 0.6 is 0 Å². The second kappa shape index (κ2) is 6.92. The van der Waals surface area contributed by atoms with E-state index in [0.717, 1.165) is 56.4 Å². The molecule has 0 saturated carbocycles. The number of benzene rings is 3. The molecule has 3 nitrogen and oxygen atoms in total. The Hall–Kier alpha value is -3.07. The molecule has 0 heterocycles. The van der Waals surface area contributed by atoms with Gasteiger partial charge in [0.25, 0.3) is 0 Å². The summed E-state index contributed by atoms with van der Waals surface area (Å²) in [5, 5.41) is 20.3. The van der Waals surface area contributed by atoms with Crippen molar-refractivity contribution in [2.75, 3.05) is 0 Å². The van der Waals surface area contributed by atoms with E-state index >= 15 is 0 Å². The predicted octanol–water partition coefficient (Wildman–Crippen LogP) is 5.79. The Labute approximate surface area is 159 Å². The van der Waals surface area contributed by atoms with Crippen molar-refractivity contribution in [1.29, 1.82) is 0 Å². The van der Waals surface area contributed by atoms with Crippen LogP contribution < -0.4 is 0 Å². The van der Waals surface area contributed by atoms with Gasteiger partial charge in [-0.05, 0) is 103 Å². The van der Waals surface area contributed by atoms with Crippen molar-refractivity contribution < 1.29 is 15.0 Å². The van der Waals surface area contributed by atoms with E-state index in [1.807, 2.05) is 71.0 Å². The lowest BCUT2D eigenvalue weighted by Crippen LogP contribution is -1.97. The molecule has 3 aromatic carbocycles. The number of aromatic hydroxyl groups is 2. The van der Waals surface area contributed by atoms with Crippen molar-refractivity contribution in [2.24, 2.45) is 0 Å². The third-order valence-electron chi connectivity index (χ3n) is 5.13. The van der Waals surface area contributed by atoms with Gasteiger partial charge in [-0.2, -0.15) is 0 Å². The number of aryl methyl sites for hydroxylation is 5. The van der Waals surface area contributed by atoms with E-state index in [0.29, 0.717) is 11.3 Å². The second-order valence-corrected chi connectivity index (χ2v) is 7.26. The number of phenolic OH excluding ortho intramolecular Hbond substituents is 2. The first-order chi connectivity index (χ1) is 12.7. The van der Waals surface area contributed by atoms with Crippen molar-refractivity contribution in [2.45, 2.75) is 34.6 Å². The molecule has 0 radical (unpaired) electrons. The Morgan fingerprint density at radius 3 is 1.44 bits per heavy atom. The Balaban J connectivity index is 2.42. The first kappa shape index (κ1) is 18.7. The molecule has 0 atom stereocenters. The normalized spacial score (nSPS) is 10.9. The third-order valence-corrected chi connectivity index (χ3v) is 5.13. The van der Waals surface area contributed by atoms with Gasteiger partial charge in [0.05, 0.1) is 0 Å². The Kier molecular flexibility index (Phi) is 4.79. The third kappa shape index (κ3) is 3.21. The minimum Gasteiger partial charge on any atom is -0.507 e. The molecule has 0 bridgehead atoms. The number of carbonyl (C=O) groups is 1. The number of aldehydes is 1. The van der Waals surface area contributed by atoms with Crippen molar-refractivity contribution in [3.63, 3.8) is 0 Å². The highest BCUT2D eigenvalue weighted by atomic mass is 16.3. The van der Waals surface area contributed by atoms with Gasteiger partial charge in [0, 0.05) is 11.1 Å². The fourth-order valence-corrected chi connectivity index (χ4v) is 3.70. The SMILES string of the molecule is Cc1cc(-c2c(C)ccc(C=O)c2-c2cc(C)c(O)c(C)c2)cc(C)c1O. The van der Waals surface area contributed by atoms with Crippen LogP contribution in [-0.2, 0) is 0 Å². The fraction of sp³-hybridized carbons (Fsp3) is 0.208. The Morgan fingerprint density at radius 2 is 1.04 bits per heavy atom. The summed E-state index contributed by atoms with van der Waals surface area (Å²) < 4.78 is 0. The molecule has 0 spiro atoms. The van der Waals surface area contributed by atoms with E-state index in [1.165, 1.54) is 0 Å². The van der Waals surface area contributed by atoms with Crippen LogP contribution in [0.4, 0.5) is 0 Å². The zero-order valence-corrected chi connectivity index (χ0v) is 16.3. The van der Waals surface area contributed by atoms with E-state index in [9.17, 15) is 15.0 Å². The first-order valence-electron chi connectivity index (χ1n) is 8.94. The minimum absolute atomic E-state index is 0.275. The average molecular weight is 360 g/mol. The monoisotopic (exact) mass is 360 g/mol. The van der Waals surface area contributed by atoms with E-state index in [4.69, 9.17) is 0 Å². The van der Waals surface area contributed by atoms with E-state index in [1.54, 1.807) is 0 Å². The summed E-state index contributed by atoms with van der Waals surface area (Å²) in [4.78, 5) is 11.8. The highest BCUT2D eigenvalue weighted by Crippen LogP contribution is 2.41. The number of hydrogen-bond acceptors (Lipinski definition) is 3. The van der Waals surface area contributed by atoms with Crippen molar-refractivity contribution in [1.82, 2.24) is 0 Å². The summed E-state index contributed by atoms with van der Waals surface area (Å²) in [5.41, 5.74) is 8.45. The molecule has 3 rings (SSSR count). The summed E-state index contributed by atoms with van der Waals surface area (Å²) in [6, 6.07) is 11.5. The zero-order valence-electron chi connectivity index (χ0n) is 16.3. The highest BCUT2D eigenvalue weighted by Gasteiger charge is 2.18. The average Bonchev–Trinajstić information content (AvgIpc) is 2.63. The first-order valence-corrected chi connectivity index (χ1v) is 8.94. The molecule has 0 unspecified atom stereocenters. The molecule has 0 aliphatic heterocycles. The van der Waals surface area contributed by atoms with Crippen LogP contribution in [0.15, 0.2) is 36.4 Å². The minimum atomic E-state index is 0.275. The second-order valence-electron chi connectivity index (χ2n) is 7.26. The molecular formula is C24H24O3. The largest absolute Gasteiger partial charge is 0.507 e. The van der Waals surface area contributed by atoms with Gasteiger partial charge in [-0.25, -0.2) is 0 Å². The van der Waals surface area contributed by atoms with E-state index < -0.39 is 0 Å². The van der Waals surface area contributed by atoms with Crippen LogP contribution in [0.3, 0.4) is 0 Å².